The fourth-order valence-electron chi connectivity index (χ4n) is 1.89. The van der Waals surface area contributed by atoms with Crippen molar-refractivity contribution in [1.82, 2.24) is 9.21 Å². The van der Waals surface area contributed by atoms with Crippen LogP contribution in [0.4, 0.5) is 0 Å². The van der Waals surface area contributed by atoms with Crippen molar-refractivity contribution in [3.8, 4) is 0 Å². The van der Waals surface area contributed by atoms with Gasteiger partial charge in [0.2, 0.25) is 10.0 Å². The normalized spacial score (nSPS) is 21.9. The first-order valence-electron chi connectivity index (χ1n) is 5.69. The highest BCUT2D eigenvalue weighted by Gasteiger charge is 2.23. The van der Waals surface area contributed by atoms with Crippen molar-refractivity contribution < 1.29 is 8.42 Å². The Balaban J connectivity index is 2.61. The van der Waals surface area contributed by atoms with Crippen LogP contribution in [0.1, 0.15) is 27.2 Å². The van der Waals surface area contributed by atoms with E-state index in [0.29, 0.717) is 19.1 Å². The van der Waals surface area contributed by atoms with E-state index in [2.05, 4.69) is 18.7 Å². The maximum Gasteiger partial charge on any atom is 0.213 e. The number of sulfonamides is 1. The third-order valence-corrected chi connectivity index (χ3v) is 4.86. The standard InChI is InChI=1S/C10H22N2O2S/c1-4-15(13,14)12-7-5-6-11(8-9-12)10(2)3/h10H,4-9H2,1-3H3. The van der Waals surface area contributed by atoms with Crippen LogP contribution in [0.3, 0.4) is 0 Å². The Bertz CT molecular complexity index is 288. The Kier molecular flexibility index (Phi) is 4.55. The lowest BCUT2D eigenvalue weighted by molar-refractivity contribution is 0.233. The average Bonchev–Trinajstić information content (AvgIpc) is 2.43. The summed E-state index contributed by atoms with van der Waals surface area (Å²) in [7, 11) is -2.99. The molecule has 0 spiro atoms. The lowest BCUT2D eigenvalue weighted by Crippen LogP contribution is -2.37. The molecule has 0 aliphatic carbocycles. The summed E-state index contributed by atoms with van der Waals surface area (Å²) in [5, 5.41) is 0. The molecule has 0 unspecified atom stereocenters. The molecule has 0 aromatic carbocycles. The zero-order valence-electron chi connectivity index (χ0n) is 9.94. The van der Waals surface area contributed by atoms with Gasteiger partial charge in [-0.25, -0.2) is 12.7 Å². The average molecular weight is 234 g/mol. The highest BCUT2D eigenvalue weighted by molar-refractivity contribution is 7.89. The molecule has 0 atom stereocenters. The zero-order valence-corrected chi connectivity index (χ0v) is 10.8. The van der Waals surface area contributed by atoms with E-state index >= 15 is 0 Å². The van der Waals surface area contributed by atoms with Crippen LogP contribution in [0, 0.1) is 0 Å². The molecule has 15 heavy (non-hydrogen) atoms. The first-order chi connectivity index (χ1) is 6.97. The summed E-state index contributed by atoms with van der Waals surface area (Å²) >= 11 is 0. The van der Waals surface area contributed by atoms with Crippen LogP contribution in [0.15, 0.2) is 0 Å². The molecule has 1 fully saturated rings. The third-order valence-electron chi connectivity index (χ3n) is 2.98. The monoisotopic (exact) mass is 234 g/mol. The van der Waals surface area contributed by atoms with E-state index < -0.39 is 10.0 Å². The van der Waals surface area contributed by atoms with E-state index in [-0.39, 0.29) is 5.75 Å². The van der Waals surface area contributed by atoms with Crippen molar-refractivity contribution in [1.29, 1.82) is 0 Å². The van der Waals surface area contributed by atoms with E-state index in [0.717, 1.165) is 19.5 Å². The Morgan fingerprint density at radius 1 is 1.13 bits per heavy atom. The van der Waals surface area contributed by atoms with E-state index in [1.165, 1.54) is 0 Å². The van der Waals surface area contributed by atoms with Crippen molar-refractivity contribution in [3.63, 3.8) is 0 Å². The van der Waals surface area contributed by atoms with Gasteiger partial charge >= 0.3 is 0 Å². The van der Waals surface area contributed by atoms with E-state index in [1.807, 2.05) is 0 Å². The maximum absolute atomic E-state index is 11.7. The molecule has 90 valence electrons. The highest BCUT2D eigenvalue weighted by Crippen LogP contribution is 2.10. The Hall–Kier alpha value is -0.130. The molecule has 1 aliphatic heterocycles. The second-order valence-corrected chi connectivity index (χ2v) is 6.54. The van der Waals surface area contributed by atoms with Crippen LogP contribution in [0.2, 0.25) is 0 Å². The molecule has 0 N–H and O–H groups in total. The molecular weight excluding hydrogens is 212 g/mol. The minimum absolute atomic E-state index is 0.217. The van der Waals surface area contributed by atoms with Gasteiger partial charge in [-0.3, -0.25) is 4.90 Å². The Morgan fingerprint density at radius 2 is 1.80 bits per heavy atom. The van der Waals surface area contributed by atoms with E-state index in [4.69, 9.17) is 0 Å². The predicted molar refractivity (Wildman–Crippen MR) is 62.4 cm³/mol. The minimum Gasteiger partial charge on any atom is -0.300 e. The lowest BCUT2D eigenvalue weighted by Gasteiger charge is -2.24. The van der Waals surface area contributed by atoms with Gasteiger partial charge in [-0.05, 0) is 33.7 Å². The molecule has 0 radical (unpaired) electrons. The Labute approximate surface area is 93.3 Å². The zero-order chi connectivity index (χ0) is 11.5. The quantitative estimate of drug-likeness (QED) is 0.723. The highest BCUT2D eigenvalue weighted by atomic mass is 32.2. The van der Waals surface area contributed by atoms with Gasteiger partial charge in [-0.15, -0.1) is 0 Å². The van der Waals surface area contributed by atoms with Crippen molar-refractivity contribution in [2.24, 2.45) is 0 Å². The molecule has 0 saturated carbocycles. The van der Waals surface area contributed by atoms with Gasteiger partial charge in [0.15, 0.2) is 0 Å². The molecule has 1 rings (SSSR count). The molecule has 1 saturated heterocycles. The van der Waals surface area contributed by atoms with Crippen LogP contribution in [0.5, 0.6) is 0 Å². The smallest absolute Gasteiger partial charge is 0.213 e. The van der Waals surface area contributed by atoms with Crippen LogP contribution < -0.4 is 0 Å². The SMILES string of the molecule is CCS(=O)(=O)N1CCCN(C(C)C)CC1. The number of hydrogen-bond donors (Lipinski definition) is 0. The van der Waals surface area contributed by atoms with Gasteiger partial charge in [0.1, 0.15) is 0 Å². The largest absolute Gasteiger partial charge is 0.300 e. The summed E-state index contributed by atoms with van der Waals surface area (Å²) in [5.74, 6) is 0.217. The minimum atomic E-state index is -2.99. The fourth-order valence-corrected chi connectivity index (χ4v) is 3.02. The molecule has 0 aromatic rings. The summed E-state index contributed by atoms with van der Waals surface area (Å²) in [6.07, 6.45) is 0.942. The van der Waals surface area contributed by atoms with Gasteiger partial charge in [0.25, 0.3) is 0 Å². The summed E-state index contributed by atoms with van der Waals surface area (Å²) in [4.78, 5) is 2.34. The van der Waals surface area contributed by atoms with Crippen LogP contribution in [-0.4, -0.2) is 55.6 Å². The summed E-state index contributed by atoms with van der Waals surface area (Å²) < 4.78 is 25.0. The van der Waals surface area contributed by atoms with Crippen molar-refractivity contribution in [2.45, 2.75) is 33.2 Å². The molecule has 0 amide bonds. The third kappa shape index (κ3) is 3.43. The van der Waals surface area contributed by atoms with Gasteiger partial charge in [0.05, 0.1) is 5.75 Å². The molecule has 5 heteroatoms. The summed E-state index contributed by atoms with van der Waals surface area (Å²) in [6, 6.07) is 0.509. The number of rotatable bonds is 3. The molecular formula is C10H22N2O2S. The van der Waals surface area contributed by atoms with Crippen LogP contribution in [0.25, 0.3) is 0 Å². The summed E-state index contributed by atoms with van der Waals surface area (Å²) in [6.45, 7) is 9.21. The lowest BCUT2D eigenvalue weighted by atomic mass is 10.3. The van der Waals surface area contributed by atoms with Gasteiger partial charge in [-0.1, -0.05) is 0 Å². The van der Waals surface area contributed by atoms with Crippen LogP contribution in [-0.2, 0) is 10.0 Å². The van der Waals surface area contributed by atoms with Crippen molar-refractivity contribution in [3.05, 3.63) is 0 Å². The first kappa shape index (κ1) is 12.9. The summed E-state index contributed by atoms with van der Waals surface area (Å²) in [5.41, 5.74) is 0. The van der Waals surface area contributed by atoms with Crippen molar-refractivity contribution >= 4 is 10.0 Å². The van der Waals surface area contributed by atoms with Gasteiger partial charge < -0.3 is 0 Å². The second kappa shape index (κ2) is 5.27. The molecule has 0 aromatic heterocycles. The van der Waals surface area contributed by atoms with Gasteiger partial charge in [-0.2, -0.15) is 0 Å². The molecule has 0 bridgehead atoms. The number of nitrogens with zero attached hydrogens (tertiary/aromatic N) is 2. The van der Waals surface area contributed by atoms with Crippen LogP contribution >= 0.6 is 0 Å². The van der Waals surface area contributed by atoms with Crippen molar-refractivity contribution in [2.75, 3.05) is 31.9 Å². The molecule has 1 heterocycles. The first-order valence-corrected chi connectivity index (χ1v) is 7.30. The maximum atomic E-state index is 11.7. The van der Waals surface area contributed by atoms with E-state index in [9.17, 15) is 8.42 Å². The topological polar surface area (TPSA) is 40.6 Å². The van der Waals surface area contributed by atoms with E-state index in [1.54, 1.807) is 11.2 Å². The fraction of sp³-hybridized carbons (Fsp3) is 1.00. The van der Waals surface area contributed by atoms with Gasteiger partial charge in [0, 0.05) is 25.7 Å². The predicted octanol–water partition coefficient (Wildman–Crippen LogP) is 0.752. The second-order valence-electron chi connectivity index (χ2n) is 4.28. The number of hydrogen-bond acceptors (Lipinski definition) is 3. The molecule has 4 nitrogen and oxygen atoms in total. The molecule has 1 aliphatic rings. The Morgan fingerprint density at radius 3 is 2.33 bits per heavy atom.